The molecule has 0 aliphatic heterocycles. The van der Waals surface area contributed by atoms with Crippen LogP contribution in [-0.2, 0) is 6.54 Å². The van der Waals surface area contributed by atoms with E-state index < -0.39 is 6.10 Å². The van der Waals surface area contributed by atoms with E-state index in [9.17, 15) is 5.11 Å². The lowest BCUT2D eigenvalue weighted by atomic mass is 10.1. The van der Waals surface area contributed by atoms with Gasteiger partial charge in [0.15, 0.2) is 0 Å². The lowest BCUT2D eigenvalue weighted by Gasteiger charge is -2.24. The molecule has 0 saturated heterocycles. The lowest BCUT2D eigenvalue weighted by molar-refractivity contribution is 0.199. The van der Waals surface area contributed by atoms with Crippen LogP contribution >= 0.6 is 11.6 Å². The minimum absolute atomic E-state index is 0.482. The highest BCUT2D eigenvalue weighted by Crippen LogP contribution is 2.27. The molecule has 2 aromatic rings. The SMILES string of the molecule is CC(O)c1ccccc1N(C)Cc1ccccc1Cl. The third-order valence-electron chi connectivity index (χ3n) is 3.16. The first-order chi connectivity index (χ1) is 9.09. The zero-order valence-electron chi connectivity index (χ0n) is 11.2. The van der Waals surface area contributed by atoms with Crippen LogP contribution in [0.25, 0.3) is 0 Å². The summed E-state index contributed by atoms with van der Waals surface area (Å²) < 4.78 is 0. The number of rotatable bonds is 4. The standard InChI is InChI=1S/C16H18ClNO/c1-12(19)14-8-4-6-10-16(14)18(2)11-13-7-3-5-9-15(13)17/h3-10,12,19H,11H2,1-2H3. The second-order valence-electron chi connectivity index (χ2n) is 4.68. The zero-order chi connectivity index (χ0) is 13.8. The molecule has 0 aliphatic carbocycles. The fourth-order valence-electron chi connectivity index (χ4n) is 2.16. The number of para-hydroxylation sites is 1. The Kier molecular flexibility index (Phi) is 4.46. The highest BCUT2D eigenvalue weighted by molar-refractivity contribution is 6.31. The van der Waals surface area contributed by atoms with Crippen LogP contribution in [-0.4, -0.2) is 12.2 Å². The van der Waals surface area contributed by atoms with Crippen LogP contribution in [0.15, 0.2) is 48.5 Å². The van der Waals surface area contributed by atoms with Gasteiger partial charge in [-0.25, -0.2) is 0 Å². The molecule has 2 aromatic carbocycles. The second kappa shape index (κ2) is 6.09. The number of aliphatic hydroxyl groups is 1. The van der Waals surface area contributed by atoms with Crippen LogP contribution in [0.3, 0.4) is 0 Å². The molecule has 0 fully saturated rings. The van der Waals surface area contributed by atoms with E-state index in [1.807, 2.05) is 55.6 Å². The second-order valence-corrected chi connectivity index (χ2v) is 5.09. The molecule has 2 rings (SSSR count). The summed E-state index contributed by atoms with van der Waals surface area (Å²) in [5.74, 6) is 0. The van der Waals surface area contributed by atoms with E-state index in [-0.39, 0.29) is 0 Å². The van der Waals surface area contributed by atoms with E-state index in [1.54, 1.807) is 6.92 Å². The van der Waals surface area contributed by atoms with E-state index >= 15 is 0 Å². The molecule has 1 N–H and O–H groups in total. The third-order valence-corrected chi connectivity index (χ3v) is 3.53. The number of benzene rings is 2. The van der Waals surface area contributed by atoms with Crippen molar-refractivity contribution in [1.82, 2.24) is 0 Å². The van der Waals surface area contributed by atoms with Crippen LogP contribution in [0.4, 0.5) is 5.69 Å². The van der Waals surface area contributed by atoms with Crippen molar-refractivity contribution >= 4 is 17.3 Å². The van der Waals surface area contributed by atoms with Gasteiger partial charge in [-0.3, -0.25) is 0 Å². The number of halogens is 1. The number of nitrogens with zero attached hydrogens (tertiary/aromatic N) is 1. The minimum atomic E-state index is -0.482. The highest BCUT2D eigenvalue weighted by atomic mass is 35.5. The topological polar surface area (TPSA) is 23.5 Å². The Morgan fingerprint density at radius 3 is 2.42 bits per heavy atom. The average molecular weight is 276 g/mol. The van der Waals surface area contributed by atoms with Gasteiger partial charge in [0.1, 0.15) is 0 Å². The Bertz CT molecular complexity index is 554. The average Bonchev–Trinajstić information content (AvgIpc) is 2.41. The Morgan fingerprint density at radius 2 is 1.74 bits per heavy atom. The van der Waals surface area contributed by atoms with E-state index in [0.29, 0.717) is 6.54 Å². The number of hydrogen-bond donors (Lipinski definition) is 1. The Balaban J connectivity index is 2.26. The van der Waals surface area contributed by atoms with Gasteiger partial charge in [0.05, 0.1) is 6.10 Å². The summed E-state index contributed by atoms with van der Waals surface area (Å²) >= 11 is 6.18. The van der Waals surface area contributed by atoms with Crippen molar-refractivity contribution in [3.8, 4) is 0 Å². The molecule has 100 valence electrons. The van der Waals surface area contributed by atoms with Gasteiger partial charge in [-0.2, -0.15) is 0 Å². The molecule has 0 aliphatic rings. The van der Waals surface area contributed by atoms with Crippen LogP contribution in [0.2, 0.25) is 5.02 Å². The van der Waals surface area contributed by atoms with Gasteiger partial charge in [-0.05, 0) is 24.6 Å². The molecule has 0 bridgehead atoms. The maximum Gasteiger partial charge on any atom is 0.0781 e. The first-order valence-electron chi connectivity index (χ1n) is 6.31. The van der Waals surface area contributed by atoms with Crippen LogP contribution in [0.1, 0.15) is 24.2 Å². The summed E-state index contributed by atoms with van der Waals surface area (Å²) in [7, 11) is 2.00. The van der Waals surface area contributed by atoms with Crippen molar-refractivity contribution in [1.29, 1.82) is 0 Å². The fraction of sp³-hybridized carbons (Fsp3) is 0.250. The molecule has 3 heteroatoms. The monoisotopic (exact) mass is 275 g/mol. The normalized spacial score (nSPS) is 12.2. The number of anilines is 1. The van der Waals surface area contributed by atoms with Gasteiger partial charge < -0.3 is 10.0 Å². The first kappa shape index (κ1) is 13.9. The Morgan fingerprint density at radius 1 is 1.11 bits per heavy atom. The molecule has 0 amide bonds. The van der Waals surface area contributed by atoms with E-state index in [0.717, 1.165) is 21.8 Å². The minimum Gasteiger partial charge on any atom is -0.389 e. The van der Waals surface area contributed by atoms with Crippen molar-refractivity contribution in [2.24, 2.45) is 0 Å². The van der Waals surface area contributed by atoms with Crippen molar-refractivity contribution < 1.29 is 5.11 Å². The fourth-order valence-corrected chi connectivity index (χ4v) is 2.35. The van der Waals surface area contributed by atoms with Gasteiger partial charge in [-0.15, -0.1) is 0 Å². The molecule has 2 nitrogen and oxygen atoms in total. The molecule has 0 aromatic heterocycles. The molecule has 19 heavy (non-hydrogen) atoms. The van der Waals surface area contributed by atoms with Crippen LogP contribution in [0, 0.1) is 0 Å². The molecule has 0 radical (unpaired) electrons. The first-order valence-corrected chi connectivity index (χ1v) is 6.69. The van der Waals surface area contributed by atoms with Gasteiger partial charge >= 0.3 is 0 Å². The molecular formula is C16H18ClNO. The van der Waals surface area contributed by atoms with E-state index in [2.05, 4.69) is 4.90 Å². The van der Waals surface area contributed by atoms with Crippen molar-refractivity contribution in [2.75, 3.05) is 11.9 Å². The van der Waals surface area contributed by atoms with Gasteiger partial charge in [0.2, 0.25) is 0 Å². The predicted octanol–water partition coefficient (Wildman–Crippen LogP) is 4.03. The van der Waals surface area contributed by atoms with Gasteiger partial charge in [0, 0.05) is 29.9 Å². The molecule has 0 saturated carbocycles. The van der Waals surface area contributed by atoms with Crippen molar-refractivity contribution in [3.05, 3.63) is 64.7 Å². The Labute approximate surface area is 119 Å². The van der Waals surface area contributed by atoms with E-state index in [4.69, 9.17) is 11.6 Å². The summed E-state index contributed by atoms with van der Waals surface area (Å²) in [6, 6.07) is 15.7. The number of aliphatic hydroxyl groups excluding tert-OH is 1. The van der Waals surface area contributed by atoms with Crippen LogP contribution in [0.5, 0.6) is 0 Å². The maximum absolute atomic E-state index is 9.82. The Hall–Kier alpha value is -1.51. The molecule has 1 atom stereocenters. The molecule has 0 heterocycles. The summed E-state index contributed by atoms with van der Waals surface area (Å²) in [6.07, 6.45) is -0.482. The van der Waals surface area contributed by atoms with Crippen LogP contribution < -0.4 is 4.90 Å². The molecular weight excluding hydrogens is 258 g/mol. The predicted molar refractivity (Wildman–Crippen MR) is 80.6 cm³/mol. The maximum atomic E-state index is 9.82. The largest absolute Gasteiger partial charge is 0.389 e. The summed E-state index contributed by atoms with van der Waals surface area (Å²) in [5, 5.41) is 10.6. The quantitative estimate of drug-likeness (QED) is 0.911. The summed E-state index contributed by atoms with van der Waals surface area (Å²) in [5.41, 5.74) is 3.03. The third kappa shape index (κ3) is 3.28. The van der Waals surface area contributed by atoms with Crippen molar-refractivity contribution in [3.63, 3.8) is 0 Å². The smallest absolute Gasteiger partial charge is 0.0781 e. The summed E-state index contributed by atoms with van der Waals surface area (Å²) in [6.45, 7) is 2.49. The van der Waals surface area contributed by atoms with Gasteiger partial charge in [0.25, 0.3) is 0 Å². The van der Waals surface area contributed by atoms with Crippen molar-refractivity contribution in [2.45, 2.75) is 19.6 Å². The highest BCUT2D eigenvalue weighted by Gasteiger charge is 2.12. The van der Waals surface area contributed by atoms with E-state index in [1.165, 1.54) is 0 Å². The molecule has 0 spiro atoms. The zero-order valence-corrected chi connectivity index (χ0v) is 11.9. The lowest BCUT2D eigenvalue weighted by Crippen LogP contribution is -2.18. The van der Waals surface area contributed by atoms with Gasteiger partial charge in [-0.1, -0.05) is 48.0 Å². The molecule has 1 unspecified atom stereocenters. The summed E-state index contributed by atoms with van der Waals surface area (Å²) in [4.78, 5) is 2.10. The number of hydrogen-bond acceptors (Lipinski definition) is 2.